The molecule has 0 aliphatic carbocycles. The Balaban J connectivity index is 1.42. The van der Waals surface area contributed by atoms with E-state index in [0.717, 1.165) is 77.6 Å². The van der Waals surface area contributed by atoms with E-state index >= 15 is 0 Å². The van der Waals surface area contributed by atoms with Gasteiger partial charge >= 0.3 is 0 Å². The van der Waals surface area contributed by atoms with Crippen molar-refractivity contribution in [3.05, 3.63) is 144 Å². The Hall–Kier alpha value is -6.60. The summed E-state index contributed by atoms with van der Waals surface area (Å²) < 4.78 is 5.47. The first kappa shape index (κ1) is 28.6. The molecular formula is C42H29N5O2. The van der Waals surface area contributed by atoms with Gasteiger partial charge in [-0.25, -0.2) is 15.0 Å². The molecule has 0 bridgehead atoms. The Morgan fingerprint density at radius 1 is 0.694 bits per heavy atom. The number of hydrogen-bond donors (Lipinski definition) is 2. The number of ether oxygens (including phenoxy) is 1. The number of nitrogens with one attached hydrogen (secondary N) is 2. The van der Waals surface area contributed by atoms with Gasteiger partial charge in [0.15, 0.2) is 5.65 Å². The van der Waals surface area contributed by atoms with Crippen LogP contribution < -0.4 is 10.3 Å². The van der Waals surface area contributed by atoms with Gasteiger partial charge in [-0.15, -0.1) is 0 Å². The lowest BCUT2D eigenvalue weighted by molar-refractivity contribution is 0.415. The molecule has 0 atom stereocenters. The number of nitrogens with zero attached hydrogens (tertiary/aromatic N) is 3. The second-order valence-electron chi connectivity index (χ2n) is 12.3. The summed E-state index contributed by atoms with van der Waals surface area (Å²) in [4.78, 5) is 35.8. The molecule has 2 N–H and O–H groups in total. The lowest BCUT2D eigenvalue weighted by Crippen LogP contribution is -2.10. The highest BCUT2D eigenvalue weighted by Crippen LogP contribution is 2.43. The van der Waals surface area contributed by atoms with E-state index in [1.165, 1.54) is 6.33 Å². The van der Waals surface area contributed by atoms with E-state index in [1.54, 1.807) is 7.11 Å². The average Bonchev–Trinajstić information content (AvgIpc) is 3.52. The molecule has 0 fully saturated rings. The van der Waals surface area contributed by atoms with Crippen LogP contribution in [0.15, 0.2) is 132 Å². The van der Waals surface area contributed by atoms with Gasteiger partial charge in [-0.3, -0.25) is 4.79 Å². The number of aromatic amines is 2. The zero-order valence-corrected chi connectivity index (χ0v) is 26.8. The highest BCUT2D eigenvalue weighted by atomic mass is 16.5. The number of benzene rings is 5. The van der Waals surface area contributed by atoms with Crippen molar-refractivity contribution < 1.29 is 4.74 Å². The number of rotatable bonds is 5. The maximum Gasteiger partial charge on any atom is 0.260 e. The first-order valence-corrected chi connectivity index (χ1v) is 16.1. The van der Waals surface area contributed by atoms with Crippen LogP contribution in [0.4, 0.5) is 0 Å². The summed E-state index contributed by atoms with van der Waals surface area (Å²) in [5, 5.41) is 4.23. The van der Waals surface area contributed by atoms with E-state index in [-0.39, 0.29) is 5.56 Å². The molecule has 0 aliphatic rings. The molecule has 0 unspecified atom stereocenters. The fourth-order valence-electron chi connectivity index (χ4n) is 6.87. The monoisotopic (exact) mass is 635 g/mol. The summed E-state index contributed by atoms with van der Waals surface area (Å²) in [6, 6.07) is 41.0. The van der Waals surface area contributed by atoms with Gasteiger partial charge in [0.25, 0.3) is 5.56 Å². The van der Waals surface area contributed by atoms with E-state index in [1.807, 2.05) is 60.7 Å². The van der Waals surface area contributed by atoms with Crippen LogP contribution in [-0.4, -0.2) is 32.0 Å². The third-order valence-electron chi connectivity index (χ3n) is 9.23. The fraction of sp³-hybridized carbons (Fsp3) is 0.0476. The number of methoxy groups -OCH3 is 1. The molecule has 0 spiro atoms. The number of aromatic nitrogens is 5. The van der Waals surface area contributed by atoms with Crippen molar-refractivity contribution in [1.82, 2.24) is 24.9 Å². The quantitative estimate of drug-likeness (QED) is 0.184. The summed E-state index contributed by atoms with van der Waals surface area (Å²) in [6.07, 6.45) is 1.47. The van der Waals surface area contributed by atoms with E-state index in [2.05, 4.69) is 77.6 Å². The van der Waals surface area contributed by atoms with Gasteiger partial charge in [0.1, 0.15) is 5.75 Å². The third-order valence-corrected chi connectivity index (χ3v) is 9.23. The molecule has 9 rings (SSSR count). The molecule has 0 aliphatic heterocycles. The van der Waals surface area contributed by atoms with Crippen LogP contribution in [0, 0.1) is 6.92 Å². The summed E-state index contributed by atoms with van der Waals surface area (Å²) in [7, 11) is 1.67. The van der Waals surface area contributed by atoms with Crippen molar-refractivity contribution in [3.63, 3.8) is 0 Å². The Morgan fingerprint density at radius 3 is 2.24 bits per heavy atom. The zero-order valence-electron chi connectivity index (χ0n) is 26.8. The SMILES string of the molecule is COc1ccc2cc(-c3cc(-c4ccccc4)nc4nc(-c5c(-c6ccccc6)[nH]c6ccc(C)cc56)c5c(=O)[nH]cnc5c34)ccc2c1. The Labute approximate surface area is 280 Å². The number of fused-ring (bicyclic) bond motifs is 5. The highest BCUT2D eigenvalue weighted by Gasteiger charge is 2.24. The Kier molecular flexibility index (Phi) is 6.59. The average molecular weight is 636 g/mol. The van der Waals surface area contributed by atoms with Crippen LogP contribution in [0.25, 0.3) is 88.5 Å². The van der Waals surface area contributed by atoms with Crippen LogP contribution >= 0.6 is 0 Å². The van der Waals surface area contributed by atoms with Crippen molar-refractivity contribution in [2.75, 3.05) is 7.11 Å². The van der Waals surface area contributed by atoms with Crippen molar-refractivity contribution in [3.8, 4) is 50.6 Å². The minimum Gasteiger partial charge on any atom is -0.497 e. The maximum absolute atomic E-state index is 14.0. The molecule has 0 saturated heterocycles. The van der Waals surface area contributed by atoms with Gasteiger partial charge < -0.3 is 14.7 Å². The predicted octanol–water partition coefficient (Wildman–Crippen LogP) is 9.49. The molecule has 7 heteroatoms. The first-order chi connectivity index (χ1) is 24.1. The van der Waals surface area contributed by atoms with Gasteiger partial charge in [-0.1, -0.05) is 90.5 Å². The van der Waals surface area contributed by atoms with E-state index in [0.29, 0.717) is 22.2 Å². The lowest BCUT2D eigenvalue weighted by Gasteiger charge is -2.15. The molecular weight excluding hydrogens is 606 g/mol. The molecule has 5 aromatic carbocycles. The Bertz CT molecular complexity index is 2790. The van der Waals surface area contributed by atoms with Gasteiger partial charge in [-0.05, 0) is 70.8 Å². The lowest BCUT2D eigenvalue weighted by atomic mass is 9.94. The number of hydrogen-bond acceptors (Lipinski definition) is 5. The van der Waals surface area contributed by atoms with Crippen molar-refractivity contribution in [2.24, 2.45) is 0 Å². The van der Waals surface area contributed by atoms with E-state index < -0.39 is 0 Å². The van der Waals surface area contributed by atoms with Gasteiger partial charge in [0, 0.05) is 22.0 Å². The largest absolute Gasteiger partial charge is 0.497 e. The number of H-pyrrole nitrogens is 2. The first-order valence-electron chi connectivity index (χ1n) is 16.1. The Morgan fingerprint density at radius 2 is 1.45 bits per heavy atom. The molecule has 0 amide bonds. The van der Waals surface area contributed by atoms with Crippen LogP contribution in [0.3, 0.4) is 0 Å². The molecule has 0 radical (unpaired) electrons. The predicted molar refractivity (Wildman–Crippen MR) is 198 cm³/mol. The minimum absolute atomic E-state index is 0.265. The number of aryl methyl sites for hydroxylation is 1. The maximum atomic E-state index is 14.0. The van der Waals surface area contributed by atoms with Crippen molar-refractivity contribution in [1.29, 1.82) is 0 Å². The zero-order chi connectivity index (χ0) is 33.1. The van der Waals surface area contributed by atoms with Gasteiger partial charge in [0.2, 0.25) is 0 Å². The smallest absolute Gasteiger partial charge is 0.260 e. The standard InChI is InChI=1S/C42H29N5O2/c1-24-13-18-33-32(19-24)35(38(45-33)26-11-7-4-8-12-26)40-37-39(43-23-44-42(37)48)36-31(22-34(46-41(36)47-40)25-9-5-3-6-10-25)29-15-14-28-21-30(49-2)17-16-27(28)20-29/h3-23,45H,1-2H3,(H,43,44,48). The molecule has 49 heavy (non-hydrogen) atoms. The molecule has 234 valence electrons. The third kappa shape index (κ3) is 4.74. The molecule has 4 heterocycles. The molecule has 0 saturated carbocycles. The van der Waals surface area contributed by atoms with E-state index in [9.17, 15) is 4.79 Å². The summed E-state index contributed by atoms with van der Waals surface area (Å²) in [5.41, 5.74) is 9.67. The normalized spacial score (nSPS) is 11.6. The van der Waals surface area contributed by atoms with Crippen LogP contribution in [0.2, 0.25) is 0 Å². The molecule has 4 aromatic heterocycles. The van der Waals surface area contributed by atoms with Crippen molar-refractivity contribution in [2.45, 2.75) is 6.92 Å². The summed E-state index contributed by atoms with van der Waals surface area (Å²) >= 11 is 0. The van der Waals surface area contributed by atoms with Crippen molar-refractivity contribution >= 4 is 43.6 Å². The molecule has 7 nitrogen and oxygen atoms in total. The highest BCUT2D eigenvalue weighted by molar-refractivity contribution is 6.17. The fourth-order valence-corrected chi connectivity index (χ4v) is 6.87. The van der Waals surface area contributed by atoms with Crippen LogP contribution in [-0.2, 0) is 0 Å². The van der Waals surface area contributed by atoms with E-state index in [4.69, 9.17) is 19.7 Å². The summed E-state index contributed by atoms with van der Waals surface area (Å²) in [5.74, 6) is 0.800. The second kappa shape index (κ2) is 11.3. The summed E-state index contributed by atoms with van der Waals surface area (Å²) in [6.45, 7) is 2.07. The minimum atomic E-state index is -0.265. The number of pyridine rings is 2. The van der Waals surface area contributed by atoms with Gasteiger partial charge in [-0.2, -0.15) is 0 Å². The second-order valence-corrected chi connectivity index (χ2v) is 12.3. The van der Waals surface area contributed by atoms with Crippen LogP contribution in [0.1, 0.15) is 5.56 Å². The molecule has 9 aromatic rings. The topological polar surface area (TPSA) is 96.5 Å². The van der Waals surface area contributed by atoms with Crippen LogP contribution in [0.5, 0.6) is 5.75 Å². The van der Waals surface area contributed by atoms with Gasteiger partial charge in [0.05, 0.1) is 46.8 Å².